The molecule has 1 aromatic rings. The van der Waals surface area contributed by atoms with Gasteiger partial charge in [0.25, 0.3) is 0 Å². The van der Waals surface area contributed by atoms with E-state index in [0.29, 0.717) is 13.0 Å². The number of thioether (sulfide) groups is 1. The second kappa shape index (κ2) is 6.90. The molecule has 1 rings (SSSR count). The van der Waals surface area contributed by atoms with Crippen LogP contribution in [0.25, 0.3) is 0 Å². The normalized spacial score (nSPS) is 10.0. The molecule has 0 aromatic heterocycles. The lowest BCUT2D eigenvalue weighted by Crippen LogP contribution is -2.04. The van der Waals surface area contributed by atoms with Crippen LogP contribution in [0.4, 0.5) is 0 Å². The zero-order valence-electron chi connectivity index (χ0n) is 8.53. The van der Waals surface area contributed by atoms with E-state index in [1.54, 1.807) is 11.8 Å². The fraction of sp³-hybridized carbons (Fsp3) is 0.364. The maximum Gasteiger partial charge on any atom is 0.306 e. The monoisotopic (exact) mass is 288 g/mol. The molecule has 1 aromatic carbocycles. The lowest BCUT2D eigenvalue weighted by molar-refractivity contribution is -0.142. The highest BCUT2D eigenvalue weighted by molar-refractivity contribution is 9.10. The lowest BCUT2D eigenvalue weighted by atomic mass is 10.4. The van der Waals surface area contributed by atoms with Crippen LogP contribution in [-0.4, -0.2) is 18.3 Å². The lowest BCUT2D eigenvalue weighted by Gasteiger charge is -2.02. The molecule has 0 aliphatic heterocycles. The van der Waals surface area contributed by atoms with Gasteiger partial charge in [-0.1, -0.05) is 15.9 Å². The van der Waals surface area contributed by atoms with Gasteiger partial charge in [0.2, 0.25) is 0 Å². The number of benzene rings is 1. The van der Waals surface area contributed by atoms with Gasteiger partial charge < -0.3 is 4.74 Å². The first-order valence-electron chi connectivity index (χ1n) is 4.76. The molecule has 0 saturated carbocycles. The van der Waals surface area contributed by atoms with Crippen LogP contribution in [0.1, 0.15) is 13.3 Å². The largest absolute Gasteiger partial charge is 0.466 e. The Morgan fingerprint density at radius 2 is 2.07 bits per heavy atom. The van der Waals surface area contributed by atoms with Gasteiger partial charge in [0.1, 0.15) is 0 Å². The third-order valence-corrected chi connectivity index (χ3v) is 3.24. The summed E-state index contributed by atoms with van der Waals surface area (Å²) in [4.78, 5) is 12.2. The van der Waals surface area contributed by atoms with E-state index in [2.05, 4.69) is 15.9 Å². The Labute approximate surface area is 103 Å². The number of hydrogen-bond acceptors (Lipinski definition) is 3. The Kier molecular flexibility index (Phi) is 5.79. The number of esters is 1. The van der Waals surface area contributed by atoms with Gasteiger partial charge in [0, 0.05) is 15.1 Å². The highest BCUT2D eigenvalue weighted by atomic mass is 79.9. The van der Waals surface area contributed by atoms with Crippen LogP contribution < -0.4 is 0 Å². The molecule has 0 fully saturated rings. The minimum atomic E-state index is -0.123. The molecule has 0 aliphatic rings. The number of carbonyl (C=O) groups excluding carboxylic acids is 1. The highest BCUT2D eigenvalue weighted by Crippen LogP contribution is 2.21. The van der Waals surface area contributed by atoms with Crippen LogP contribution >= 0.6 is 27.7 Å². The predicted molar refractivity (Wildman–Crippen MR) is 66.1 cm³/mol. The van der Waals surface area contributed by atoms with Crippen molar-refractivity contribution in [3.05, 3.63) is 28.7 Å². The molecule has 4 heteroatoms. The minimum absolute atomic E-state index is 0.123. The van der Waals surface area contributed by atoms with Crippen LogP contribution in [-0.2, 0) is 9.53 Å². The molecule has 0 saturated heterocycles. The zero-order chi connectivity index (χ0) is 11.1. The number of carbonyl (C=O) groups is 1. The van der Waals surface area contributed by atoms with Crippen LogP contribution in [0.15, 0.2) is 33.6 Å². The maximum atomic E-state index is 11.0. The predicted octanol–water partition coefficient (Wildman–Crippen LogP) is 3.49. The van der Waals surface area contributed by atoms with Gasteiger partial charge in [-0.05, 0) is 31.2 Å². The molecule has 2 nitrogen and oxygen atoms in total. The molecule has 82 valence electrons. The summed E-state index contributed by atoms with van der Waals surface area (Å²) in [5, 5.41) is 0. The van der Waals surface area contributed by atoms with E-state index in [1.807, 2.05) is 31.2 Å². The topological polar surface area (TPSA) is 26.3 Å². The summed E-state index contributed by atoms with van der Waals surface area (Å²) in [6.07, 6.45) is 0.467. The van der Waals surface area contributed by atoms with Crippen molar-refractivity contribution in [3.63, 3.8) is 0 Å². The molecule has 0 aliphatic carbocycles. The summed E-state index contributed by atoms with van der Waals surface area (Å²) in [5.74, 6) is 0.641. The van der Waals surface area contributed by atoms with E-state index in [9.17, 15) is 4.79 Å². The first kappa shape index (κ1) is 12.6. The van der Waals surface area contributed by atoms with Crippen LogP contribution in [0.3, 0.4) is 0 Å². The van der Waals surface area contributed by atoms with Crippen molar-refractivity contribution >= 4 is 33.7 Å². The number of halogens is 1. The Morgan fingerprint density at radius 1 is 1.40 bits per heavy atom. The SMILES string of the molecule is CCOC(=O)CCSc1ccc(Br)cc1. The van der Waals surface area contributed by atoms with E-state index < -0.39 is 0 Å². The molecule has 0 amide bonds. The third-order valence-electron chi connectivity index (χ3n) is 1.69. The van der Waals surface area contributed by atoms with Gasteiger partial charge >= 0.3 is 5.97 Å². The molecule has 0 unspecified atom stereocenters. The molecule has 0 atom stereocenters. The van der Waals surface area contributed by atoms with E-state index >= 15 is 0 Å². The van der Waals surface area contributed by atoms with Crippen molar-refractivity contribution in [2.75, 3.05) is 12.4 Å². The van der Waals surface area contributed by atoms with Gasteiger partial charge in [0.05, 0.1) is 13.0 Å². The van der Waals surface area contributed by atoms with Gasteiger partial charge in [-0.3, -0.25) is 4.79 Å². The minimum Gasteiger partial charge on any atom is -0.466 e. The second-order valence-corrected chi connectivity index (χ2v) is 4.94. The average molecular weight is 289 g/mol. The summed E-state index contributed by atoms with van der Waals surface area (Å²) >= 11 is 5.04. The van der Waals surface area contributed by atoms with Crippen molar-refractivity contribution in [2.45, 2.75) is 18.2 Å². The first-order valence-corrected chi connectivity index (χ1v) is 6.54. The molecule has 0 spiro atoms. The van der Waals surface area contributed by atoms with Crippen molar-refractivity contribution in [3.8, 4) is 0 Å². The summed E-state index contributed by atoms with van der Waals surface area (Å²) in [5.41, 5.74) is 0. The van der Waals surface area contributed by atoms with Crippen molar-refractivity contribution in [1.29, 1.82) is 0 Å². The zero-order valence-corrected chi connectivity index (χ0v) is 10.9. The van der Waals surface area contributed by atoms with Gasteiger partial charge in [0.15, 0.2) is 0 Å². The number of ether oxygens (including phenoxy) is 1. The first-order chi connectivity index (χ1) is 7.22. The van der Waals surface area contributed by atoms with Crippen molar-refractivity contribution in [1.82, 2.24) is 0 Å². The van der Waals surface area contributed by atoms with E-state index in [4.69, 9.17) is 4.74 Å². The average Bonchev–Trinajstić information content (AvgIpc) is 2.21. The van der Waals surface area contributed by atoms with Crippen LogP contribution in [0.5, 0.6) is 0 Å². The van der Waals surface area contributed by atoms with Gasteiger partial charge in [-0.15, -0.1) is 11.8 Å². The Hall–Kier alpha value is -0.480. The summed E-state index contributed by atoms with van der Waals surface area (Å²) in [7, 11) is 0. The highest BCUT2D eigenvalue weighted by Gasteiger charge is 2.01. The van der Waals surface area contributed by atoms with Crippen molar-refractivity contribution < 1.29 is 9.53 Å². The number of hydrogen-bond donors (Lipinski definition) is 0. The second-order valence-electron chi connectivity index (χ2n) is 2.86. The van der Waals surface area contributed by atoms with Gasteiger partial charge in [-0.25, -0.2) is 0 Å². The van der Waals surface area contributed by atoms with E-state index in [1.165, 1.54) is 4.90 Å². The molecule has 0 heterocycles. The smallest absolute Gasteiger partial charge is 0.306 e. The molecule has 0 N–H and O–H groups in total. The molecular formula is C11H13BrO2S. The quantitative estimate of drug-likeness (QED) is 0.613. The summed E-state index contributed by atoms with van der Waals surface area (Å²) < 4.78 is 5.91. The standard InChI is InChI=1S/C11H13BrO2S/c1-2-14-11(13)7-8-15-10-5-3-9(12)4-6-10/h3-6H,2,7-8H2,1H3. The molecule has 0 bridgehead atoms. The fourth-order valence-corrected chi connectivity index (χ4v) is 2.11. The van der Waals surface area contributed by atoms with E-state index in [-0.39, 0.29) is 5.97 Å². The molecule has 0 radical (unpaired) electrons. The Balaban J connectivity index is 2.26. The van der Waals surface area contributed by atoms with Crippen molar-refractivity contribution in [2.24, 2.45) is 0 Å². The van der Waals surface area contributed by atoms with Crippen LogP contribution in [0.2, 0.25) is 0 Å². The summed E-state index contributed by atoms with van der Waals surface area (Å²) in [6, 6.07) is 8.04. The van der Waals surface area contributed by atoms with Crippen LogP contribution in [0, 0.1) is 0 Å². The number of rotatable bonds is 5. The van der Waals surface area contributed by atoms with Gasteiger partial charge in [-0.2, -0.15) is 0 Å². The molecule has 15 heavy (non-hydrogen) atoms. The third kappa shape index (κ3) is 5.23. The summed E-state index contributed by atoms with van der Waals surface area (Å²) in [6.45, 7) is 2.28. The Morgan fingerprint density at radius 3 is 2.67 bits per heavy atom. The molecular weight excluding hydrogens is 276 g/mol. The fourth-order valence-electron chi connectivity index (χ4n) is 1.02. The maximum absolute atomic E-state index is 11.0. The Bertz CT molecular complexity index is 311. The van der Waals surface area contributed by atoms with E-state index in [0.717, 1.165) is 10.2 Å².